The minimum Gasteiger partial charge on any atom is -0.328 e. The van der Waals surface area contributed by atoms with Gasteiger partial charge in [-0.3, -0.25) is 14.4 Å². The van der Waals surface area contributed by atoms with E-state index in [-0.39, 0.29) is 35.2 Å². The zero-order valence-corrected chi connectivity index (χ0v) is 15.7. The maximum Gasteiger partial charge on any atom is 0.266 e. The Balaban J connectivity index is 1.53. The minimum absolute atomic E-state index is 0.0256. The fourth-order valence-corrected chi connectivity index (χ4v) is 3.83. The molecule has 0 saturated heterocycles. The predicted molar refractivity (Wildman–Crippen MR) is 99.1 cm³/mol. The van der Waals surface area contributed by atoms with Crippen LogP contribution in [0.4, 0.5) is 5.82 Å². The molecule has 2 aliphatic rings. The molecule has 1 aliphatic carbocycles. The molecule has 2 amide bonds. The molecule has 1 aromatic heterocycles. The highest BCUT2D eigenvalue weighted by molar-refractivity contribution is 9.10. The van der Waals surface area contributed by atoms with Gasteiger partial charge in [-0.25, -0.2) is 4.68 Å². The number of benzene rings is 1. The highest BCUT2D eigenvalue weighted by Gasteiger charge is 2.51. The molecule has 1 spiro atoms. The van der Waals surface area contributed by atoms with Crippen LogP contribution in [-0.4, -0.2) is 39.6 Å². The van der Waals surface area contributed by atoms with Crippen molar-refractivity contribution in [3.8, 4) is 0 Å². The van der Waals surface area contributed by atoms with E-state index in [9.17, 15) is 14.4 Å². The summed E-state index contributed by atoms with van der Waals surface area (Å²) in [5.41, 5.74) is 1.47. The molecule has 1 aliphatic heterocycles. The van der Waals surface area contributed by atoms with E-state index in [0.29, 0.717) is 12.1 Å². The van der Waals surface area contributed by atoms with Gasteiger partial charge in [0.2, 0.25) is 5.91 Å². The Hall–Kier alpha value is -2.48. The molecule has 7 nitrogen and oxygen atoms in total. The van der Waals surface area contributed by atoms with E-state index in [1.165, 1.54) is 19.2 Å². The number of anilines is 1. The van der Waals surface area contributed by atoms with Gasteiger partial charge in [-0.1, -0.05) is 15.9 Å². The van der Waals surface area contributed by atoms with Crippen LogP contribution in [-0.2, 0) is 17.3 Å². The average molecular weight is 417 g/mol. The van der Waals surface area contributed by atoms with Crippen molar-refractivity contribution >= 4 is 33.6 Å². The molecule has 0 unspecified atom stereocenters. The summed E-state index contributed by atoms with van der Waals surface area (Å²) in [6, 6.07) is 8.48. The standard InChI is InChI=1S/C18H17BrN4O3/c1-22-16(25)5-4-14(21-22)20-15(24)9-23-10-18(6-7-18)13-8-11(19)2-3-12(13)17(23)26/h2-5,8H,6-7,9-10H2,1H3,(H,20,21,24). The van der Waals surface area contributed by atoms with Crippen LogP contribution in [0.25, 0.3) is 0 Å². The molecule has 0 atom stereocenters. The lowest BCUT2D eigenvalue weighted by molar-refractivity contribution is -0.117. The van der Waals surface area contributed by atoms with Gasteiger partial charge in [0.1, 0.15) is 6.54 Å². The van der Waals surface area contributed by atoms with E-state index in [2.05, 4.69) is 26.3 Å². The predicted octanol–water partition coefficient (Wildman–Crippen LogP) is 1.67. The largest absolute Gasteiger partial charge is 0.328 e. The van der Waals surface area contributed by atoms with Crippen LogP contribution in [0, 0.1) is 0 Å². The van der Waals surface area contributed by atoms with Gasteiger partial charge in [0.15, 0.2) is 5.82 Å². The molecule has 26 heavy (non-hydrogen) atoms. The zero-order chi connectivity index (χ0) is 18.5. The number of nitrogens with one attached hydrogen (secondary N) is 1. The summed E-state index contributed by atoms with van der Waals surface area (Å²) in [5, 5.41) is 6.62. The summed E-state index contributed by atoms with van der Waals surface area (Å²) in [6.45, 7) is 0.504. The highest BCUT2D eigenvalue weighted by atomic mass is 79.9. The molecule has 8 heteroatoms. The topological polar surface area (TPSA) is 84.3 Å². The first-order chi connectivity index (χ1) is 12.4. The number of hydrogen-bond donors (Lipinski definition) is 1. The van der Waals surface area contributed by atoms with Crippen molar-refractivity contribution in [1.29, 1.82) is 0 Å². The lowest BCUT2D eigenvalue weighted by atomic mass is 9.86. The van der Waals surface area contributed by atoms with Crippen molar-refractivity contribution in [3.63, 3.8) is 0 Å². The van der Waals surface area contributed by atoms with Crippen molar-refractivity contribution in [3.05, 3.63) is 56.3 Å². The number of carbonyl (C=O) groups is 2. The third kappa shape index (κ3) is 2.94. The van der Waals surface area contributed by atoms with Gasteiger partial charge in [-0.2, -0.15) is 5.10 Å². The number of rotatable bonds is 3. The molecular weight excluding hydrogens is 400 g/mol. The summed E-state index contributed by atoms with van der Waals surface area (Å²) in [5.74, 6) is -0.179. The van der Waals surface area contributed by atoms with E-state index < -0.39 is 0 Å². The third-order valence-corrected chi connectivity index (χ3v) is 5.47. The second kappa shape index (κ2) is 6.05. The van der Waals surface area contributed by atoms with Crippen molar-refractivity contribution in [2.24, 2.45) is 7.05 Å². The first-order valence-corrected chi connectivity index (χ1v) is 9.11. The summed E-state index contributed by atoms with van der Waals surface area (Å²) in [6.07, 6.45) is 2.04. The highest BCUT2D eigenvalue weighted by Crippen LogP contribution is 2.52. The molecule has 134 valence electrons. The molecule has 0 radical (unpaired) electrons. The number of fused-ring (bicyclic) bond motifs is 2. The van der Waals surface area contributed by atoms with Gasteiger partial charge in [-0.05, 0) is 42.7 Å². The maximum atomic E-state index is 12.8. The first kappa shape index (κ1) is 17.0. The zero-order valence-electron chi connectivity index (χ0n) is 14.2. The maximum absolute atomic E-state index is 12.8. The number of nitrogens with zero attached hydrogens (tertiary/aromatic N) is 3. The Morgan fingerprint density at radius 3 is 2.73 bits per heavy atom. The van der Waals surface area contributed by atoms with E-state index in [1.807, 2.05) is 18.2 Å². The van der Waals surface area contributed by atoms with Crippen molar-refractivity contribution in [2.75, 3.05) is 18.4 Å². The van der Waals surface area contributed by atoms with Crippen LogP contribution in [0.3, 0.4) is 0 Å². The van der Waals surface area contributed by atoms with Gasteiger partial charge in [0, 0.05) is 35.1 Å². The van der Waals surface area contributed by atoms with Crippen LogP contribution in [0.2, 0.25) is 0 Å². The second-order valence-corrected chi connectivity index (χ2v) is 7.78. The van der Waals surface area contributed by atoms with Crippen molar-refractivity contribution < 1.29 is 9.59 Å². The molecular formula is C18H17BrN4O3. The van der Waals surface area contributed by atoms with E-state index in [1.54, 1.807) is 4.90 Å². The quantitative estimate of drug-likeness (QED) is 0.824. The van der Waals surface area contributed by atoms with E-state index in [0.717, 1.165) is 27.6 Å². The normalized spacial score (nSPS) is 17.2. The first-order valence-electron chi connectivity index (χ1n) is 8.31. The molecule has 1 aromatic carbocycles. The number of halogens is 1. The molecule has 1 saturated carbocycles. The molecule has 1 N–H and O–H groups in total. The summed E-state index contributed by atoms with van der Waals surface area (Å²) in [4.78, 5) is 38.1. The third-order valence-electron chi connectivity index (χ3n) is 4.98. The number of aromatic nitrogens is 2. The summed E-state index contributed by atoms with van der Waals surface area (Å²) >= 11 is 3.47. The van der Waals surface area contributed by atoms with Crippen LogP contribution in [0.1, 0.15) is 28.8 Å². The summed E-state index contributed by atoms with van der Waals surface area (Å²) < 4.78 is 2.11. The summed E-state index contributed by atoms with van der Waals surface area (Å²) in [7, 11) is 1.51. The van der Waals surface area contributed by atoms with Crippen LogP contribution in [0.5, 0.6) is 0 Å². The number of aryl methyl sites for hydroxylation is 1. The number of amides is 2. The number of carbonyl (C=O) groups excluding carboxylic acids is 2. The van der Waals surface area contributed by atoms with Crippen molar-refractivity contribution in [1.82, 2.24) is 14.7 Å². The smallest absolute Gasteiger partial charge is 0.266 e. The molecule has 2 aromatic rings. The number of hydrogen-bond acceptors (Lipinski definition) is 4. The molecule has 4 rings (SSSR count). The fraction of sp³-hybridized carbons (Fsp3) is 0.333. The van der Waals surface area contributed by atoms with Gasteiger partial charge in [-0.15, -0.1) is 0 Å². The van der Waals surface area contributed by atoms with Gasteiger partial charge >= 0.3 is 0 Å². The fourth-order valence-electron chi connectivity index (χ4n) is 3.47. The van der Waals surface area contributed by atoms with E-state index >= 15 is 0 Å². The molecule has 2 heterocycles. The molecule has 0 bridgehead atoms. The Morgan fingerprint density at radius 1 is 1.27 bits per heavy atom. The monoisotopic (exact) mass is 416 g/mol. The van der Waals surface area contributed by atoms with Crippen LogP contribution >= 0.6 is 15.9 Å². The Morgan fingerprint density at radius 2 is 2.04 bits per heavy atom. The van der Waals surface area contributed by atoms with Crippen LogP contribution in [0.15, 0.2) is 39.6 Å². The Bertz CT molecular complexity index is 981. The Kier molecular flexibility index (Phi) is 3.95. The second-order valence-electron chi connectivity index (χ2n) is 6.86. The lowest BCUT2D eigenvalue weighted by Gasteiger charge is -2.34. The SMILES string of the molecule is Cn1nc(NC(=O)CN2CC3(CC3)c3cc(Br)ccc3C2=O)ccc1=O. The van der Waals surface area contributed by atoms with Crippen molar-refractivity contribution in [2.45, 2.75) is 18.3 Å². The van der Waals surface area contributed by atoms with Crippen LogP contribution < -0.4 is 10.9 Å². The molecule has 1 fully saturated rings. The lowest BCUT2D eigenvalue weighted by Crippen LogP contribution is -2.46. The minimum atomic E-state index is -0.333. The van der Waals surface area contributed by atoms with E-state index in [4.69, 9.17) is 0 Å². The van der Waals surface area contributed by atoms with Gasteiger partial charge in [0.05, 0.1) is 0 Å². The average Bonchev–Trinajstić information content (AvgIpc) is 3.36. The van der Waals surface area contributed by atoms with Gasteiger partial charge in [0.25, 0.3) is 11.5 Å². The van der Waals surface area contributed by atoms with Gasteiger partial charge < -0.3 is 10.2 Å². The Labute approximate surface area is 158 Å².